The molecule has 3 rings (SSSR count). The summed E-state index contributed by atoms with van der Waals surface area (Å²) < 4.78 is 32.7. The molecule has 1 aliphatic rings. The summed E-state index contributed by atoms with van der Waals surface area (Å²) in [6.07, 6.45) is 7.09. The number of terminal acetylenes is 1. The topological polar surface area (TPSA) is 63.6 Å². The minimum absolute atomic E-state index is 0.109. The lowest BCUT2D eigenvalue weighted by atomic mass is 9.92. The average Bonchev–Trinajstić information content (AvgIpc) is 3.17. The Morgan fingerprint density at radius 3 is 2.78 bits per heavy atom. The van der Waals surface area contributed by atoms with Crippen LogP contribution in [0.2, 0.25) is 0 Å². The highest BCUT2D eigenvalue weighted by molar-refractivity contribution is 7.11. The molecule has 0 amide bonds. The van der Waals surface area contributed by atoms with Gasteiger partial charge in [-0.05, 0) is 26.0 Å². The fourth-order valence-corrected chi connectivity index (χ4v) is 3.32. The van der Waals surface area contributed by atoms with E-state index < -0.39 is 23.6 Å². The molecule has 2 heterocycles. The number of thiazole rings is 1. The first-order valence-electron chi connectivity index (χ1n) is 8.04. The number of esters is 1. The maximum atomic E-state index is 13.9. The molecule has 1 aromatic carbocycles. The molecular weight excluding hydrogens is 372 g/mol. The summed E-state index contributed by atoms with van der Waals surface area (Å²) in [6.45, 7) is 3.51. The fourth-order valence-electron chi connectivity index (χ4n) is 2.74. The van der Waals surface area contributed by atoms with Gasteiger partial charge in [-0.25, -0.2) is 18.6 Å². The molecule has 1 atom stereocenters. The summed E-state index contributed by atoms with van der Waals surface area (Å²) in [5, 5.41) is 5.40. The smallest absolute Gasteiger partial charge is 0.338 e. The Bertz CT molecular complexity index is 991. The Kier molecular flexibility index (Phi) is 5.33. The molecule has 2 aromatic rings. The van der Waals surface area contributed by atoms with Gasteiger partial charge in [0.05, 0.1) is 12.2 Å². The van der Waals surface area contributed by atoms with E-state index in [-0.39, 0.29) is 23.3 Å². The summed E-state index contributed by atoms with van der Waals surface area (Å²) in [6, 6.07) is 0.935. The lowest BCUT2D eigenvalue weighted by Crippen LogP contribution is -2.33. The molecule has 0 aliphatic carbocycles. The van der Waals surface area contributed by atoms with Crippen LogP contribution in [0.5, 0.6) is 0 Å². The van der Waals surface area contributed by atoms with Crippen molar-refractivity contribution in [2.24, 2.45) is 4.99 Å². The van der Waals surface area contributed by atoms with Crippen LogP contribution in [0.4, 0.5) is 8.78 Å². The van der Waals surface area contributed by atoms with E-state index in [0.29, 0.717) is 16.5 Å². The van der Waals surface area contributed by atoms with E-state index in [1.807, 2.05) is 0 Å². The van der Waals surface area contributed by atoms with E-state index in [1.165, 1.54) is 11.3 Å². The van der Waals surface area contributed by atoms with Gasteiger partial charge < -0.3 is 10.1 Å². The van der Waals surface area contributed by atoms with Gasteiger partial charge in [-0.3, -0.25) is 4.99 Å². The number of allylic oxidation sites excluding steroid dienone is 1. The molecule has 0 radical (unpaired) electrons. The Morgan fingerprint density at radius 2 is 2.15 bits per heavy atom. The lowest BCUT2D eigenvalue weighted by Gasteiger charge is -2.26. The van der Waals surface area contributed by atoms with Crippen molar-refractivity contribution in [3.05, 3.63) is 62.7 Å². The third-order valence-corrected chi connectivity index (χ3v) is 4.69. The van der Waals surface area contributed by atoms with Crippen molar-refractivity contribution < 1.29 is 18.3 Å². The molecule has 27 heavy (non-hydrogen) atoms. The molecular formula is C19H15F2N3O2S. The number of hydrogen-bond donors (Lipinski definition) is 1. The summed E-state index contributed by atoms with van der Waals surface area (Å²) in [7, 11) is 0. The zero-order valence-corrected chi connectivity index (χ0v) is 15.4. The van der Waals surface area contributed by atoms with E-state index in [0.717, 1.165) is 12.1 Å². The molecule has 8 heteroatoms. The van der Waals surface area contributed by atoms with E-state index >= 15 is 0 Å². The Hall–Kier alpha value is -3.05. The number of nitrogens with zero attached hydrogens (tertiary/aromatic N) is 2. The maximum absolute atomic E-state index is 13.9. The number of aliphatic imine (C=N–C) groups is 1. The van der Waals surface area contributed by atoms with Crippen molar-refractivity contribution in [3.8, 4) is 12.3 Å². The van der Waals surface area contributed by atoms with Crippen molar-refractivity contribution in [3.63, 3.8) is 0 Å². The Labute approximate surface area is 158 Å². The van der Waals surface area contributed by atoms with Crippen LogP contribution in [-0.4, -0.2) is 23.4 Å². The maximum Gasteiger partial charge on any atom is 0.338 e. The molecule has 1 N–H and O–H groups in total. The van der Waals surface area contributed by atoms with E-state index in [1.54, 1.807) is 25.4 Å². The number of ether oxygens (including phenoxy) is 1. The zero-order chi connectivity index (χ0) is 19.6. The number of amidine groups is 1. The molecule has 138 valence electrons. The molecule has 1 aliphatic heterocycles. The summed E-state index contributed by atoms with van der Waals surface area (Å²) in [4.78, 5) is 21.2. The molecule has 0 unspecified atom stereocenters. The number of benzene rings is 1. The van der Waals surface area contributed by atoms with Crippen molar-refractivity contribution in [2.75, 3.05) is 6.61 Å². The van der Waals surface area contributed by atoms with Crippen LogP contribution in [0.15, 0.2) is 40.0 Å². The molecule has 0 saturated heterocycles. The normalized spacial score (nSPS) is 16.4. The first-order chi connectivity index (χ1) is 13.0. The fraction of sp³-hybridized carbons (Fsp3) is 0.211. The second-order valence-electron chi connectivity index (χ2n) is 5.60. The number of nitrogens with one attached hydrogen (secondary N) is 1. The average molecular weight is 387 g/mol. The molecule has 0 spiro atoms. The molecule has 0 bridgehead atoms. The largest absolute Gasteiger partial charge is 0.463 e. The highest BCUT2D eigenvalue weighted by atomic mass is 32.1. The van der Waals surface area contributed by atoms with E-state index in [9.17, 15) is 13.6 Å². The minimum atomic E-state index is -1.07. The van der Waals surface area contributed by atoms with Crippen LogP contribution >= 0.6 is 11.3 Å². The van der Waals surface area contributed by atoms with Crippen LogP contribution in [0, 0.1) is 24.0 Å². The van der Waals surface area contributed by atoms with Crippen molar-refractivity contribution in [2.45, 2.75) is 19.9 Å². The van der Waals surface area contributed by atoms with Crippen LogP contribution < -0.4 is 5.32 Å². The number of rotatable bonds is 4. The number of carbonyl (C=O) groups is 1. The van der Waals surface area contributed by atoms with Gasteiger partial charge in [-0.1, -0.05) is 5.92 Å². The van der Waals surface area contributed by atoms with E-state index in [4.69, 9.17) is 11.2 Å². The standard InChI is InChI=1S/C19H15F2N3O2S/c1-4-11-8-13(20)14(21)9-12(11)16-15(19(25)26-5-2)10(3)23-17(24-16)18-22-6-7-27-18/h1,6-9,16H,5H2,2-3H3,(H,23,24)/t16-/m0/s1. The van der Waals surface area contributed by atoms with Crippen molar-refractivity contribution in [1.82, 2.24) is 10.3 Å². The highest BCUT2D eigenvalue weighted by Crippen LogP contribution is 2.35. The number of halogens is 2. The summed E-state index contributed by atoms with van der Waals surface area (Å²) >= 11 is 1.35. The van der Waals surface area contributed by atoms with Gasteiger partial charge in [0, 0.05) is 28.4 Å². The van der Waals surface area contributed by atoms with E-state index in [2.05, 4.69) is 21.2 Å². The summed E-state index contributed by atoms with van der Waals surface area (Å²) in [5.74, 6) is -0.00709. The second kappa shape index (κ2) is 7.68. The predicted molar refractivity (Wildman–Crippen MR) is 98.2 cm³/mol. The Morgan fingerprint density at radius 1 is 1.41 bits per heavy atom. The molecule has 1 aromatic heterocycles. The van der Waals surface area contributed by atoms with Crippen LogP contribution in [-0.2, 0) is 9.53 Å². The first kappa shape index (κ1) is 18.7. The lowest BCUT2D eigenvalue weighted by molar-refractivity contribution is -0.138. The minimum Gasteiger partial charge on any atom is -0.463 e. The zero-order valence-electron chi connectivity index (χ0n) is 14.5. The van der Waals surface area contributed by atoms with Crippen molar-refractivity contribution in [1.29, 1.82) is 0 Å². The molecule has 0 saturated carbocycles. The van der Waals surface area contributed by atoms with Crippen LogP contribution in [0.25, 0.3) is 0 Å². The van der Waals surface area contributed by atoms with Gasteiger partial charge in [-0.15, -0.1) is 17.8 Å². The van der Waals surface area contributed by atoms with Gasteiger partial charge in [0.1, 0.15) is 6.04 Å². The second-order valence-corrected chi connectivity index (χ2v) is 6.49. The molecule has 0 fully saturated rings. The monoisotopic (exact) mass is 387 g/mol. The third-order valence-electron chi connectivity index (χ3n) is 3.91. The predicted octanol–water partition coefficient (Wildman–Crippen LogP) is 3.33. The first-order valence-corrected chi connectivity index (χ1v) is 8.92. The van der Waals surface area contributed by atoms with Gasteiger partial charge in [0.2, 0.25) is 0 Å². The SMILES string of the molecule is C#Cc1cc(F)c(F)cc1[C@@H]1N=C(c2nccs2)NC(C)=C1C(=O)OCC. The van der Waals surface area contributed by atoms with Crippen LogP contribution in [0.1, 0.15) is 36.0 Å². The Balaban J connectivity index is 2.20. The van der Waals surface area contributed by atoms with Gasteiger partial charge in [0.15, 0.2) is 22.5 Å². The summed E-state index contributed by atoms with van der Waals surface area (Å²) in [5.41, 5.74) is 0.970. The van der Waals surface area contributed by atoms with Gasteiger partial charge in [0.25, 0.3) is 0 Å². The van der Waals surface area contributed by atoms with Gasteiger partial charge >= 0.3 is 5.97 Å². The van der Waals surface area contributed by atoms with Crippen LogP contribution in [0.3, 0.4) is 0 Å². The van der Waals surface area contributed by atoms with Crippen molar-refractivity contribution >= 4 is 23.1 Å². The number of aromatic nitrogens is 1. The quantitative estimate of drug-likeness (QED) is 0.646. The highest BCUT2D eigenvalue weighted by Gasteiger charge is 2.33. The van der Waals surface area contributed by atoms with Gasteiger partial charge in [-0.2, -0.15) is 0 Å². The number of hydrogen-bond acceptors (Lipinski definition) is 6. The third kappa shape index (κ3) is 3.59. The molecule has 5 nitrogen and oxygen atoms in total. The number of carbonyl (C=O) groups excluding carboxylic acids is 1.